The van der Waals surface area contributed by atoms with Crippen molar-refractivity contribution in [3.8, 4) is 0 Å². The number of amides is 1. The van der Waals surface area contributed by atoms with E-state index in [4.69, 9.17) is 0 Å². The van der Waals surface area contributed by atoms with Gasteiger partial charge in [-0.25, -0.2) is 15.0 Å². The second kappa shape index (κ2) is 8.75. The Morgan fingerprint density at radius 2 is 2.17 bits per heavy atom. The monoisotopic (exact) mass is 427 g/mol. The zero-order valence-corrected chi connectivity index (χ0v) is 17.8. The third-order valence-electron chi connectivity index (χ3n) is 4.64. The highest BCUT2D eigenvalue weighted by atomic mass is 32.1. The number of nitrogens with zero attached hydrogens (tertiary/aromatic N) is 6. The summed E-state index contributed by atoms with van der Waals surface area (Å²) in [6.07, 6.45) is 5.34. The number of hydrogen-bond donors (Lipinski definition) is 1. The van der Waals surface area contributed by atoms with Crippen molar-refractivity contribution in [2.75, 3.05) is 18.4 Å². The zero-order chi connectivity index (χ0) is 20.2. The first kappa shape index (κ1) is 19.6. The lowest BCUT2D eigenvalue weighted by Crippen LogP contribution is -2.38. The Hall–Kier alpha value is -2.72. The van der Waals surface area contributed by atoms with E-state index >= 15 is 0 Å². The summed E-state index contributed by atoms with van der Waals surface area (Å²) in [4.78, 5) is 28.0. The maximum absolute atomic E-state index is 12.7. The largest absolute Gasteiger partial charge is 0.338 e. The number of anilines is 2. The summed E-state index contributed by atoms with van der Waals surface area (Å²) in [6, 6.07) is 1.95. The highest BCUT2D eigenvalue weighted by molar-refractivity contribution is 7.13. The van der Waals surface area contributed by atoms with E-state index in [0.29, 0.717) is 23.3 Å². The van der Waals surface area contributed by atoms with Crippen LogP contribution in [0.4, 0.5) is 10.9 Å². The Balaban J connectivity index is 1.45. The van der Waals surface area contributed by atoms with Gasteiger partial charge >= 0.3 is 0 Å². The van der Waals surface area contributed by atoms with E-state index in [2.05, 4.69) is 30.5 Å². The van der Waals surface area contributed by atoms with Crippen molar-refractivity contribution in [3.63, 3.8) is 0 Å². The van der Waals surface area contributed by atoms with Gasteiger partial charge in [0.2, 0.25) is 11.0 Å². The normalized spacial score (nSPS) is 17.0. The Morgan fingerprint density at radius 1 is 1.28 bits per heavy atom. The molecule has 3 aromatic heterocycles. The number of thiazole rings is 1. The minimum absolute atomic E-state index is 0.0124. The summed E-state index contributed by atoms with van der Waals surface area (Å²) in [5, 5.41) is 14.6. The van der Waals surface area contributed by atoms with E-state index in [1.165, 1.54) is 11.3 Å². The van der Waals surface area contributed by atoms with Crippen LogP contribution < -0.4 is 5.32 Å². The first-order valence-electron chi connectivity index (χ1n) is 9.35. The van der Waals surface area contributed by atoms with Crippen LogP contribution in [0.1, 0.15) is 41.0 Å². The minimum atomic E-state index is 0.0124. The summed E-state index contributed by atoms with van der Waals surface area (Å²) >= 11 is 2.99. The third-order valence-corrected chi connectivity index (χ3v) is 6.04. The van der Waals surface area contributed by atoms with E-state index in [9.17, 15) is 4.79 Å². The van der Waals surface area contributed by atoms with Crippen LogP contribution >= 0.6 is 22.7 Å². The summed E-state index contributed by atoms with van der Waals surface area (Å²) in [5.41, 5.74) is 3.44. The molecule has 4 rings (SSSR count). The van der Waals surface area contributed by atoms with Crippen LogP contribution in [0.25, 0.3) is 6.08 Å². The van der Waals surface area contributed by atoms with E-state index in [-0.39, 0.29) is 11.8 Å². The second-order valence-electron chi connectivity index (χ2n) is 6.84. The van der Waals surface area contributed by atoms with Crippen LogP contribution in [-0.4, -0.2) is 49.0 Å². The van der Waals surface area contributed by atoms with Gasteiger partial charge in [-0.05, 0) is 32.8 Å². The van der Waals surface area contributed by atoms with Gasteiger partial charge in [-0.3, -0.25) is 4.79 Å². The second-order valence-corrected chi connectivity index (χ2v) is 8.74. The predicted molar refractivity (Wildman–Crippen MR) is 114 cm³/mol. The Bertz CT molecular complexity index is 1020. The molecule has 3 aromatic rings. The molecule has 0 spiro atoms. The number of piperidine rings is 1. The van der Waals surface area contributed by atoms with Crippen LogP contribution in [-0.2, 0) is 4.79 Å². The molecule has 1 fully saturated rings. The van der Waals surface area contributed by atoms with Crippen LogP contribution in [0.3, 0.4) is 0 Å². The molecule has 1 saturated heterocycles. The lowest BCUT2D eigenvalue weighted by atomic mass is 9.94. The van der Waals surface area contributed by atoms with Gasteiger partial charge in [-0.2, -0.15) is 0 Å². The number of aromatic nitrogens is 5. The number of nitrogens with one attached hydrogen (secondary N) is 1. The van der Waals surface area contributed by atoms with Gasteiger partial charge in [0.1, 0.15) is 17.2 Å². The Labute approximate surface area is 176 Å². The number of carbonyl (C=O) groups is 1. The Kier molecular flexibility index (Phi) is 5.91. The molecule has 150 valence electrons. The smallest absolute Gasteiger partial charge is 0.246 e. The zero-order valence-electron chi connectivity index (χ0n) is 16.2. The fraction of sp³-hybridized carbons (Fsp3) is 0.368. The Morgan fingerprint density at radius 3 is 2.93 bits per heavy atom. The van der Waals surface area contributed by atoms with Gasteiger partial charge in [0.15, 0.2) is 0 Å². The predicted octanol–water partition coefficient (Wildman–Crippen LogP) is 3.56. The number of aryl methyl sites for hydroxylation is 2. The molecule has 0 bridgehead atoms. The van der Waals surface area contributed by atoms with Gasteiger partial charge in [-0.15, -0.1) is 21.5 Å². The first-order chi connectivity index (χ1) is 14.1. The first-order valence-corrected chi connectivity index (χ1v) is 11.1. The molecule has 0 aromatic carbocycles. The molecule has 1 aliphatic rings. The van der Waals surface area contributed by atoms with Crippen molar-refractivity contribution in [3.05, 3.63) is 45.3 Å². The molecule has 1 atom stereocenters. The lowest BCUT2D eigenvalue weighted by Gasteiger charge is -2.32. The van der Waals surface area contributed by atoms with Gasteiger partial charge < -0.3 is 10.2 Å². The average molecular weight is 428 g/mol. The van der Waals surface area contributed by atoms with E-state index in [1.54, 1.807) is 29.0 Å². The van der Waals surface area contributed by atoms with E-state index in [1.807, 2.05) is 30.2 Å². The fourth-order valence-corrected chi connectivity index (χ4v) is 4.37. The molecule has 1 N–H and O–H groups in total. The third kappa shape index (κ3) is 5.01. The van der Waals surface area contributed by atoms with Gasteiger partial charge in [0.25, 0.3) is 0 Å². The van der Waals surface area contributed by atoms with Gasteiger partial charge in [0.05, 0.1) is 16.4 Å². The van der Waals surface area contributed by atoms with Crippen molar-refractivity contribution in [1.82, 2.24) is 30.0 Å². The molecule has 0 aliphatic carbocycles. The maximum atomic E-state index is 12.7. The highest BCUT2D eigenvalue weighted by Gasteiger charge is 2.25. The topological polar surface area (TPSA) is 96.8 Å². The molecule has 0 unspecified atom stereocenters. The number of carbonyl (C=O) groups excluding carboxylic acids is 1. The summed E-state index contributed by atoms with van der Waals surface area (Å²) < 4.78 is 0. The maximum Gasteiger partial charge on any atom is 0.246 e. The fourth-order valence-electron chi connectivity index (χ4n) is 3.34. The van der Waals surface area contributed by atoms with Crippen molar-refractivity contribution < 1.29 is 4.79 Å². The molecule has 4 heterocycles. The quantitative estimate of drug-likeness (QED) is 0.622. The minimum Gasteiger partial charge on any atom is -0.338 e. The van der Waals surface area contributed by atoms with Crippen LogP contribution in [0.15, 0.2) is 23.0 Å². The molecule has 0 saturated carbocycles. The number of hydrogen-bond acceptors (Lipinski definition) is 9. The standard InChI is InChI=1S/C19H21N7OS2/c1-12-21-16(8-17(22-12)24-19-25-20-11-29-19)14-4-3-7-26(9-14)18(27)6-5-15-10-28-13(2)23-15/h5-6,8,10-11,14H,3-4,7,9H2,1-2H3,(H,21,22,24,25)/b6-5+/t14-/m1/s1. The van der Waals surface area contributed by atoms with Crippen molar-refractivity contribution in [2.45, 2.75) is 32.6 Å². The molecular weight excluding hydrogens is 406 g/mol. The molecule has 10 heteroatoms. The molecule has 8 nitrogen and oxygen atoms in total. The highest BCUT2D eigenvalue weighted by Crippen LogP contribution is 2.28. The van der Waals surface area contributed by atoms with Gasteiger partial charge in [0, 0.05) is 36.5 Å². The molecule has 1 amide bonds. The SMILES string of the molecule is Cc1nc(Nc2nncs2)cc([C@@H]2CCCN(C(=O)/C=C/c3csc(C)n3)C2)n1. The molecule has 1 aliphatic heterocycles. The molecule has 0 radical (unpaired) electrons. The summed E-state index contributed by atoms with van der Waals surface area (Å²) in [5.74, 6) is 1.58. The lowest BCUT2D eigenvalue weighted by molar-refractivity contribution is -0.127. The van der Waals surface area contributed by atoms with Crippen LogP contribution in [0, 0.1) is 13.8 Å². The summed E-state index contributed by atoms with van der Waals surface area (Å²) in [6.45, 7) is 5.24. The van der Waals surface area contributed by atoms with Crippen molar-refractivity contribution >= 4 is 45.6 Å². The van der Waals surface area contributed by atoms with Crippen LogP contribution in [0.2, 0.25) is 0 Å². The average Bonchev–Trinajstić information content (AvgIpc) is 3.37. The number of likely N-dealkylation sites (tertiary alicyclic amines) is 1. The number of rotatable bonds is 5. The van der Waals surface area contributed by atoms with Crippen LogP contribution in [0.5, 0.6) is 0 Å². The van der Waals surface area contributed by atoms with E-state index in [0.717, 1.165) is 35.8 Å². The van der Waals surface area contributed by atoms with Gasteiger partial charge in [-0.1, -0.05) is 11.3 Å². The molecule has 29 heavy (non-hydrogen) atoms. The van der Waals surface area contributed by atoms with Crippen molar-refractivity contribution in [2.24, 2.45) is 0 Å². The summed E-state index contributed by atoms with van der Waals surface area (Å²) in [7, 11) is 0. The molecular formula is C19H21N7OS2. The van der Waals surface area contributed by atoms with E-state index < -0.39 is 0 Å². The van der Waals surface area contributed by atoms with Crippen molar-refractivity contribution in [1.29, 1.82) is 0 Å².